The smallest absolute Gasteiger partial charge is 0.221 e. The van der Waals surface area contributed by atoms with Gasteiger partial charge in [0.05, 0.1) is 12.8 Å². The normalized spacial score (nSPS) is 24.0. The van der Waals surface area contributed by atoms with Crippen molar-refractivity contribution in [3.8, 4) is 0 Å². The Morgan fingerprint density at radius 1 is 1.29 bits per heavy atom. The number of carbonyl (C=O) groups excluding carboxylic acids is 1. The molecule has 0 spiro atoms. The van der Waals surface area contributed by atoms with Crippen LogP contribution in [0.3, 0.4) is 0 Å². The molecule has 1 amide bonds. The average molecular weight is 337 g/mol. The topological polar surface area (TPSA) is 41.5 Å². The minimum absolute atomic E-state index is 0.0514. The van der Waals surface area contributed by atoms with Crippen LogP contribution in [0.2, 0.25) is 0 Å². The summed E-state index contributed by atoms with van der Waals surface area (Å²) in [5.41, 5.74) is 0. The van der Waals surface area contributed by atoms with E-state index in [-0.39, 0.29) is 12.1 Å². The SMILES string of the molecule is C=CCCCCCCCCCC1N=CC[N+]1(CC)C(C)NC(C)=O. The van der Waals surface area contributed by atoms with E-state index < -0.39 is 0 Å². The highest BCUT2D eigenvalue weighted by atomic mass is 16.1. The Morgan fingerprint density at radius 3 is 2.50 bits per heavy atom. The number of nitrogens with one attached hydrogen (secondary N) is 1. The number of hydrogen-bond donors (Lipinski definition) is 1. The van der Waals surface area contributed by atoms with Gasteiger partial charge in [-0.25, -0.2) is 4.99 Å². The molecule has 1 aliphatic rings. The van der Waals surface area contributed by atoms with E-state index in [1.54, 1.807) is 6.92 Å². The molecule has 4 heteroatoms. The van der Waals surface area contributed by atoms with E-state index in [9.17, 15) is 4.79 Å². The molecule has 4 nitrogen and oxygen atoms in total. The second kappa shape index (κ2) is 11.4. The van der Waals surface area contributed by atoms with E-state index in [4.69, 9.17) is 4.99 Å². The van der Waals surface area contributed by atoms with Crippen LogP contribution >= 0.6 is 0 Å². The van der Waals surface area contributed by atoms with Crippen LogP contribution < -0.4 is 5.32 Å². The van der Waals surface area contributed by atoms with Gasteiger partial charge in [0.2, 0.25) is 5.91 Å². The van der Waals surface area contributed by atoms with E-state index in [0.717, 1.165) is 30.4 Å². The molecule has 0 aromatic rings. The molecule has 0 saturated heterocycles. The molecule has 0 aromatic heterocycles. The van der Waals surface area contributed by atoms with Gasteiger partial charge in [-0.15, -0.1) is 6.58 Å². The van der Waals surface area contributed by atoms with Gasteiger partial charge in [0.15, 0.2) is 12.3 Å². The number of rotatable bonds is 13. The second-order valence-electron chi connectivity index (χ2n) is 7.13. The number of carbonyl (C=O) groups is 1. The van der Waals surface area contributed by atoms with Crippen LogP contribution in [0.15, 0.2) is 17.6 Å². The predicted molar refractivity (Wildman–Crippen MR) is 103 cm³/mol. The lowest BCUT2D eigenvalue weighted by Crippen LogP contribution is -2.63. The standard InChI is InChI=1S/C20H37N3O/c1-5-7-8-9-10-11-12-13-14-15-20-21-16-17-23(20,6-2)18(3)22-19(4)24/h5,16,18,20H,1,6-15,17H2,2-4H3/p+1. The summed E-state index contributed by atoms with van der Waals surface area (Å²) < 4.78 is 0.876. The van der Waals surface area contributed by atoms with Gasteiger partial charge >= 0.3 is 0 Å². The van der Waals surface area contributed by atoms with Gasteiger partial charge in [-0.1, -0.05) is 38.2 Å². The second-order valence-corrected chi connectivity index (χ2v) is 7.13. The van der Waals surface area contributed by atoms with Crippen LogP contribution in [0.1, 0.15) is 78.6 Å². The summed E-state index contributed by atoms with van der Waals surface area (Å²) in [5.74, 6) is 0.0514. The van der Waals surface area contributed by atoms with Crippen LogP contribution in [-0.4, -0.2) is 42.0 Å². The molecule has 0 aliphatic carbocycles. The summed E-state index contributed by atoms with van der Waals surface area (Å²) in [6.07, 6.45) is 16.0. The van der Waals surface area contributed by atoms with Crippen LogP contribution in [0.4, 0.5) is 0 Å². The van der Waals surface area contributed by atoms with Crippen LogP contribution in [0.25, 0.3) is 0 Å². The summed E-state index contributed by atoms with van der Waals surface area (Å²) in [7, 11) is 0. The highest BCUT2D eigenvalue weighted by molar-refractivity contribution is 5.73. The fourth-order valence-corrected chi connectivity index (χ4v) is 3.86. The first-order valence-corrected chi connectivity index (χ1v) is 9.83. The van der Waals surface area contributed by atoms with Crippen molar-refractivity contribution in [1.29, 1.82) is 0 Å². The van der Waals surface area contributed by atoms with Gasteiger partial charge in [0.25, 0.3) is 0 Å². The quantitative estimate of drug-likeness (QED) is 0.302. The number of amides is 1. The summed E-state index contributed by atoms with van der Waals surface area (Å²) in [4.78, 5) is 16.2. The van der Waals surface area contributed by atoms with Crippen LogP contribution in [0.5, 0.6) is 0 Å². The van der Waals surface area contributed by atoms with Crippen molar-refractivity contribution < 1.29 is 9.28 Å². The largest absolute Gasteiger partial charge is 0.307 e. The molecule has 1 N–H and O–H groups in total. The summed E-state index contributed by atoms with van der Waals surface area (Å²) >= 11 is 0. The predicted octanol–water partition coefficient (Wildman–Crippen LogP) is 4.41. The van der Waals surface area contributed by atoms with Crippen molar-refractivity contribution in [2.45, 2.75) is 90.9 Å². The highest BCUT2D eigenvalue weighted by Crippen LogP contribution is 2.27. The molecule has 1 aliphatic heterocycles. The molecule has 24 heavy (non-hydrogen) atoms. The Labute approximate surface area is 149 Å². The third-order valence-electron chi connectivity index (χ3n) is 5.44. The van der Waals surface area contributed by atoms with Crippen LogP contribution in [0, 0.1) is 0 Å². The summed E-state index contributed by atoms with van der Waals surface area (Å²) in [6, 6.07) is 0. The van der Waals surface area contributed by atoms with E-state index >= 15 is 0 Å². The van der Waals surface area contributed by atoms with E-state index in [0.29, 0.717) is 6.17 Å². The zero-order valence-electron chi connectivity index (χ0n) is 16.1. The number of unbranched alkanes of at least 4 members (excludes halogenated alkanes) is 7. The third-order valence-corrected chi connectivity index (χ3v) is 5.44. The van der Waals surface area contributed by atoms with Crippen molar-refractivity contribution in [3.05, 3.63) is 12.7 Å². The minimum atomic E-state index is 0.0514. The van der Waals surface area contributed by atoms with E-state index in [2.05, 4.69) is 32.0 Å². The Balaban J connectivity index is 2.28. The third kappa shape index (κ3) is 6.39. The maximum atomic E-state index is 11.4. The zero-order chi connectivity index (χ0) is 17.8. The van der Waals surface area contributed by atoms with Crippen molar-refractivity contribution in [2.75, 3.05) is 13.1 Å². The van der Waals surface area contributed by atoms with Gasteiger partial charge in [0.1, 0.15) is 6.54 Å². The molecule has 0 saturated carbocycles. The van der Waals surface area contributed by atoms with Crippen LogP contribution in [-0.2, 0) is 4.79 Å². The molecule has 138 valence electrons. The first-order valence-electron chi connectivity index (χ1n) is 9.83. The first kappa shape index (κ1) is 20.9. The Bertz CT molecular complexity index is 408. The van der Waals surface area contributed by atoms with Crippen molar-refractivity contribution in [3.63, 3.8) is 0 Å². The Morgan fingerprint density at radius 2 is 1.92 bits per heavy atom. The van der Waals surface area contributed by atoms with E-state index in [1.165, 1.54) is 44.9 Å². The van der Waals surface area contributed by atoms with Gasteiger partial charge in [-0.3, -0.25) is 9.28 Å². The molecule has 0 aromatic carbocycles. The number of hydrogen-bond acceptors (Lipinski definition) is 2. The number of quaternary nitrogens is 1. The lowest BCUT2D eigenvalue weighted by Gasteiger charge is -2.42. The van der Waals surface area contributed by atoms with Gasteiger partial charge in [0, 0.05) is 20.3 Å². The number of aliphatic imine (C=N–C) groups is 1. The average Bonchev–Trinajstić information content (AvgIpc) is 2.97. The maximum absolute atomic E-state index is 11.4. The molecule has 0 bridgehead atoms. The molecular weight excluding hydrogens is 298 g/mol. The van der Waals surface area contributed by atoms with E-state index in [1.807, 2.05) is 6.08 Å². The Hall–Kier alpha value is -1.16. The van der Waals surface area contributed by atoms with Crippen molar-refractivity contribution >= 4 is 12.1 Å². The fourth-order valence-electron chi connectivity index (χ4n) is 3.86. The summed E-state index contributed by atoms with van der Waals surface area (Å²) in [5, 5.41) is 3.09. The lowest BCUT2D eigenvalue weighted by molar-refractivity contribution is -0.959. The zero-order valence-corrected chi connectivity index (χ0v) is 16.1. The molecule has 0 radical (unpaired) electrons. The van der Waals surface area contributed by atoms with Gasteiger partial charge < -0.3 is 5.32 Å². The fraction of sp³-hybridized carbons (Fsp3) is 0.800. The lowest BCUT2D eigenvalue weighted by atomic mass is 10.1. The van der Waals surface area contributed by atoms with Gasteiger partial charge in [-0.05, 0) is 26.2 Å². The Kier molecular flexibility index (Phi) is 9.92. The number of nitrogens with zero attached hydrogens (tertiary/aromatic N) is 2. The molecule has 1 rings (SSSR count). The van der Waals surface area contributed by atoms with Crippen molar-refractivity contribution in [2.24, 2.45) is 4.99 Å². The molecule has 1 heterocycles. The molecule has 3 atom stereocenters. The molecule has 0 fully saturated rings. The highest BCUT2D eigenvalue weighted by Gasteiger charge is 2.42. The molecular formula is C20H38N3O+. The summed E-state index contributed by atoms with van der Waals surface area (Å²) in [6.45, 7) is 11.6. The van der Waals surface area contributed by atoms with Gasteiger partial charge in [-0.2, -0.15) is 0 Å². The first-order chi connectivity index (χ1) is 11.6. The number of allylic oxidation sites excluding steroid dienone is 1. The maximum Gasteiger partial charge on any atom is 0.221 e. The monoisotopic (exact) mass is 336 g/mol. The minimum Gasteiger partial charge on any atom is -0.307 e. The molecule has 3 unspecified atom stereocenters. The van der Waals surface area contributed by atoms with Crippen molar-refractivity contribution in [1.82, 2.24) is 5.32 Å².